The number of hydrogen-bond acceptors (Lipinski definition) is 3. The van der Waals surface area contributed by atoms with E-state index in [9.17, 15) is 4.79 Å². The molecule has 0 spiro atoms. The van der Waals surface area contributed by atoms with Gasteiger partial charge >= 0.3 is 0 Å². The maximum atomic E-state index is 12.4. The number of rotatable bonds is 8. The molecule has 0 fully saturated rings. The number of aromatic nitrogens is 2. The number of nitrogens with two attached hydrogens (primary N) is 1. The van der Waals surface area contributed by atoms with Crippen LogP contribution in [0.2, 0.25) is 0 Å². The number of carbonyl (C=O) groups excluding carboxylic acids is 1. The van der Waals surface area contributed by atoms with Gasteiger partial charge in [0, 0.05) is 25.5 Å². The van der Waals surface area contributed by atoms with Gasteiger partial charge in [-0.05, 0) is 43.0 Å². The zero-order chi connectivity index (χ0) is 16.7. The first-order valence-corrected chi connectivity index (χ1v) is 8.22. The van der Waals surface area contributed by atoms with Gasteiger partial charge < -0.3 is 11.1 Å². The maximum absolute atomic E-state index is 12.4. The van der Waals surface area contributed by atoms with Crippen molar-refractivity contribution in [3.8, 4) is 5.69 Å². The third kappa shape index (κ3) is 4.58. The molecule has 5 nitrogen and oxygen atoms in total. The smallest absolute Gasteiger partial charge is 0.227 e. The van der Waals surface area contributed by atoms with Crippen LogP contribution in [0.1, 0.15) is 32.3 Å². The monoisotopic (exact) mass is 350 g/mol. The second-order valence-corrected chi connectivity index (χ2v) is 5.81. The number of carbonyl (C=O) groups is 1. The van der Waals surface area contributed by atoms with Gasteiger partial charge in [-0.3, -0.25) is 4.79 Å². The molecule has 0 aliphatic heterocycles. The minimum atomic E-state index is -0.427. The highest BCUT2D eigenvalue weighted by Gasteiger charge is 2.32. The molecule has 1 aromatic heterocycles. The second-order valence-electron chi connectivity index (χ2n) is 5.81. The van der Waals surface area contributed by atoms with Crippen LogP contribution in [-0.4, -0.2) is 28.8 Å². The van der Waals surface area contributed by atoms with Crippen molar-refractivity contribution in [1.82, 2.24) is 15.1 Å². The third-order valence-corrected chi connectivity index (χ3v) is 4.63. The Hall–Kier alpha value is -1.85. The second kappa shape index (κ2) is 9.45. The Labute approximate surface area is 150 Å². The summed E-state index contributed by atoms with van der Waals surface area (Å²) in [5.74, 6) is 0.0677. The minimum Gasteiger partial charge on any atom is -0.355 e. The van der Waals surface area contributed by atoms with E-state index in [1.165, 1.54) is 5.56 Å². The molecule has 2 rings (SSSR count). The molecular weight excluding hydrogens is 324 g/mol. The van der Waals surface area contributed by atoms with Gasteiger partial charge in [0.2, 0.25) is 5.91 Å². The van der Waals surface area contributed by atoms with E-state index >= 15 is 0 Å². The predicted octanol–water partition coefficient (Wildman–Crippen LogP) is 2.72. The summed E-state index contributed by atoms with van der Waals surface area (Å²) in [6.07, 6.45) is 6.01. The summed E-state index contributed by atoms with van der Waals surface area (Å²) in [5, 5.41) is 7.24. The fourth-order valence-corrected chi connectivity index (χ4v) is 2.70. The number of nitrogens with one attached hydrogen (secondary N) is 1. The van der Waals surface area contributed by atoms with Crippen molar-refractivity contribution in [2.75, 3.05) is 13.1 Å². The van der Waals surface area contributed by atoms with Gasteiger partial charge in [0.15, 0.2) is 0 Å². The fraction of sp³-hybridized carbons (Fsp3) is 0.444. The number of amides is 1. The van der Waals surface area contributed by atoms with Crippen LogP contribution in [0, 0.1) is 5.41 Å². The lowest BCUT2D eigenvalue weighted by atomic mass is 9.81. The summed E-state index contributed by atoms with van der Waals surface area (Å²) in [6.45, 7) is 5.06. The largest absolute Gasteiger partial charge is 0.355 e. The van der Waals surface area contributed by atoms with Gasteiger partial charge in [-0.1, -0.05) is 26.0 Å². The quantitative estimate of drug-likeness (QED) is 0.768. The van der Waals surface area contributed by atoms with Gasteiger partial charge in [0.1, 0.15) is 0 Å². The fourth-order valence-electron chi connectivity index (χ4n) is 2.70. The molecule has 1 aromatic carbocycles. The van der Waals surface area contributed by atoms with Crippen molar-refractivity contribution in [3.05, 3.63) is 48.3 Å². The van der Waals surface area contributed by atoms with E-state index < -0.39 is 5.41 Å². The highest BCUT2D eigenvalue weighted by atomic mass is 35.5. The van der Waals surface area contributed by atoms with E-state index in [0.717, 1.165) is 24.9 Å². The standard InChI is InChI=1S/C18H26N4O.ClH/c1-3-18(4-2,14-19)17(23)20-12-10-15-6-8-16(9-7-15)22-13-5-11-21-22;/h5-9,11,13H,3-4,10,12,14,19H2,1-2H3,(H,20,23);1H. The minimum absolute atomic E-state index is 0. The first-order chi connectivity index (χ1) is 11.1. The molecule has 0 saturated heterocycles. The molecule has 0 radical (unpaired) electrons. The summed E-state index contributed by atoms with van der Waals surface area (Å²) >= 11 is 0. The summed E-state index contributed by atoms with van der Waals surface area (Å²) in [5.41, 5.74) is 7.60. The number of benzene rings is 1. The Morgan fingerprint density at radius 1 is 1.25 bits per heavy atom. The molecule has 24 heavy (non-hydrogen) atoms. The topological polar surface area (TPSA) is 72.9 Å². The Kier molecular flexibility index (Phi) is 7.95. The van der Waals surface area contributed by atoms with Gasteiger partial charge in [-0.2, -0.15) is 5.10 Å². The van der Waals surface area contributed by atoms with Crippen LogP contribution in [0.4, 0.5) is 0 Å². The summed E-state index contributed by atoms with van der Waals surface area (Å²) in [6, 6.07) is 10.1. The highest BCUT2D eigenvalue weighted by Crippen LogP contribution is 2.24. The third-order valence-electron chi connectivity index (χ3n) is 4.63. The van der Waals surface area contributed by atoms with Crippen molar-refractivity contribution in [3.63, 3.8) is 0 Å². The molecule has 2 aromatic rings. The number of halogens is 1. The van der Waals surface area contributed by atoms with Crippen LogP contribution in [0.25, 0.3) is 5.69 Å². The zero-order valence-electron chi connectivity index (χ0n) is 14.4. The SMILES string of the molecule is CCC(CC)(CN)C(=O)NCCc1ccc(-n2cccn2)cc1.Cl. The number of nitrogens with zero attached hydrogens (tertiary/aromatic N) is 2. The van der Waals surface area contributed by atoms with E-state index in [-0.39, 0.29) is 18.3 Å². The molecule has 1 amide bonds. The van der Waals surface area contributed by atoms with E-state index in [0.29, 0.717) is 13.1 Å². The van der Waals surface area contributed by atoms with Crippen molar-refractivity contribution in [2.45, 2.75) is 33.1 Å². The molecule has 0 unspecified atom stereocenters. The molecule has 0 atom stereocenters. The molecule has 1 heterocycles. The molecule has 0 aliphatic carbocycles. The predicted molar refractivity (Wildman–Crippen MR) is 99.6 cm³/mol. The first-order valence-electron chi connectivity index (χ1n) is 8.22. The van der Waals surface area contributed by atoms with Crippen molar-refractivity contribution in [1.29, 1.82) is 0 Å². The normalized spacial score (nSPS) is 11.0. The summed E-state index contributed by atoms with van der Waals surface area (Å²) in [4.78, 5) is 12.4. The van der Waals surface area contributed by atoms with Crippen LogP contribution >= 0.6 is 12.4 Å². The average Bonchev–Trinajstić information content (AvgIpc) is 3.12. The van der Waals surface area contributed by atoms with Crippen molar-refractivity contribution >= 4 is 18.3 Å². The van der Waals surface area contributed by atoms with Crippen LogP contribution in [0.3, 0.4) is 0 Å². The van der Waals surface area contributed by atoms with E-state index in [2.05, 4.69) is 22.5 Å². The molecule has 132 valence electrons. The molecule has 0 bridgehead atoms. The van der Waals surface area contributed by atoms with Gasteiger partial charge in [0.05, 0.1) is 11.1 Å². The highest BCUT2D eigenvalue weighted by molar-refractivity contribution is 5.85. The Morgan fingerprint density at radius 2 is 1.92 bits per heavy atom. The van der Waals surface area contributed by atoms with Crippen molar-refractivity contribution < 1.29 is 4.79 Å². The summed E-state index contributed by atoms with van der Waals surface area (Å²) in [7, 11) is 0. The van der Waals surface area contributed by atoms with E-state index in [1.807, 2.05) is 42.9 Å². The average molecular weight is 351 g/mol. The maximum Gasteiger partial charge on any atom is 0.227 e. The van der Waals surface area contributed by atoms with E-state index in [1.54, 1.807) is 6.20 Å². The molecule has 3 N–H and O–H groups in total. The lowest BCUT2D eigenvalue weighted by Crippen LogP contribution is -2.45. The Morgan fingerprint density at radius 3 is 2.42 bits per heavy atom. The number of hydrogen-bond donors (Lipinski definition) is 2. The van der Waals surface area contributed by atoms with Crippen LogP contribution in [0.15, 0.2) is 42.7 Å². The van der Waals surface area contributed by atoms with Gasteiger partial charge in [-0.25, -0.2) is 4.68 Å². The lowest BCUT2D eigenvalue weighted by molar-refractivity contribution is -0.131. The Balaban J connectivity index is 0.00000288. The lowest BCUT2D eigenvalue weighted by Gasteiger charge is -2.28. The zero-order valence-corrected chi connectivity index (χ0v) is 15.2. The van der Waals surface area contributed by atoms with Gasteiger partial charge in [-0.15, -0.1) is 12.4 Å². The van der Waals surface area contributed by atoms with E-state index in [4.69, 9.17) is 5.73 Å². The van der Waals surface area contributed by atoms with Crippen molar-refractivity contribution in [2.24, 2.45) is 11.1 Å². The summed E-state index contributed by atoms with van der Waals surface area (Å²) < 4.78 is 1.82. The van der Waals surface area contributed by atoms with Crippen LogP contribution in [-0.2, 0) is 11.2 Å². The molecular formula is C18H27ClN4O. The van der Waals surface area contributed by atoms with Crippen LogP contribution < -0.4 is 11.1 Å². The Bertz CT molecular complexity index is 598. The van der Waals surface area contributed by atoms with Gasteiger partial charge in [0.25, 0.3) is 0 Å². The molecule has 0 saturated carbocycles. The molecule has 0 aliphatic rings. The van der Waals surface area contributed by atoms with Crippen LogP contribution in [0.5, 0.6) is 0 Å². The molecule has 6 heteroatoms. The first kappa shape index (κ1) is 20.2.